The topological polar surface area (TPSA) is 0 Å². The zero-order valence-corrected chi connectivity index (χ0v) is 20.3. The van der Waals surface area contributed by atoms with Gasteiger partial charge in [-0.15, -0.1) is 0 Å². The van der Waals surface area contributed by atoms with E-state index in [0.29, 0.717) is 11.8 Å². The van der Waals surface area contributed by atoms with Crippen LogP contribution in [0.2, 0.25) is 0 Å². The van der Waals surface area contributed by atoms with Crippen molar-refractivity contribution in [3.8, 4) is 0 Å². The Morgan fingerprint density at radius 1 is 0.515 bits per heavy atom. The Balaban J connectivity index is 1.24. The van der Waals surface area contributed by atoms with Gasteiger partial charge in [0, 0.05) is 11.8 Å². The smallest absolute Gasteiger partial charge is 0.00388 e. The van der Waals surface area contributed by atoms with Crippen LogP contribution in [0, 0.1) is 11.8 Å². The number of rotatable bonds is 6. The van der Waals surface area contributed by atoms with Crippen molar-refractivity contribution < 1.29 is 0 Å². The third-order valence-corrected chi connectivity index (χ3v) is 9.19. The largest absolute Gasteiger partial charge is 0.0731 e. The summed E-state index contributed by atoms with van der Waals surface area (Å²) in [5, 5.41) is 0. The van der Waals surface area contributed by atoms with Crippen molar-refractivity contribution >= 4 is 11.1 Å². The molecule has 0 radical (unpaired) electrons. The minimum Gasteiger partial charge on any atom is -0.0731 e. The summed E-state index contributed by atoms with van der Waals surface area (Å²) in [4.78, 5) is 0. The van der Waals surface area contributed by atoms with Crippen LogP contribution in [0.4, 0.5) is 0 Å². The summed E-state index contributed by atoms with van der Waals surface area (Å²) in [6, 6.07) is 18.7. The number of benzene rings is 2. The van der Waals surface area contributed by atoms with Gasteiger partial charge in [0.1, 0.15) is 0 Å². The van der Waals surface area contributed by atoms with Crippen LogP contribution in [0.5, 0.6) is 0 Å². The van der Waals surface area contributed by atoms with Gasteiger partial charge in [-0.05, 0) is 64.5 Å². The van der Waals surface area contributed by atoms with Gasteiger partial charge >= 0.3 is 0 Å². The quantitative estimate of drug-likeness (QED) is 0.423. The lowest BCUT2D eigenvalue weighted by atomic mass is 9.84. The number of allylic oxidation sites excluding steroid dienone is 4. The molecule has 2 unspecified atom stereocenters. The van der Waals surface area contributed by atoms with Crippen LogP contribution in [0.1, 0.15) is 118 Å². The highest BCUT2D eigenvalue weighted by Crippen LogP contribution is 2.49. The summed E-state index contributed by atoms with van der Waals surface area (Å²) in [5.74, 6) is 2.96. The van der Waals surface area contributed by atoms with Crippen LogP contribution in [-0.4, -0.2) is 0 Å². The van der Waals surface area contributed by atoms with E-state index in [1.165, 1.54) is 83.5 Å². The monoisotopic (exact) mass is 436 g/mol. The highest BCUT2D eigenvalue weighted by molar-refractivity contribution is 5.77. The van der Waals surface area contributed by atoms with Gasteiger partial charge in [0.2, 0.25) is 0 Å². The van der Waals surface area contributed by atoms with E-state index < -0.39 is 0 Å². The van der Waals surface area contributed by atoms with Crippen molar-refractivity contribution in [1.29, 1.82) is 0 Å². The van der Waals surface area contributed by atoms with Gasteiger partial charge in [0.05, 0.1) is 0 Å². The standard InChI is InChI=1S/C33H40/c1-3-11-24(12-4-1)19-26-21-28(32-17-9-7-15-30(26)32)23-29-22-27(20-25-13-5-2-6-14-25)31-16-8-10-18-33(29)31/h7-10,15-18,21-22,24-25,28-29H,1-6,11-14,19-20,23H2. The average Bonchev–Trinajstić information content (AvgIpc) is 3.39. The first-order valence-corrected chi connectivity index (χ1v) is 13.9. The number of hydrogen-bond acceptors (Lipinski definition) is 0. The molecule has 0 N–H and O–H groups in total. The SMILES string of the molecule is C1=C(CC2CCCCC2)c2ccccc2C1CC1C=C(CC2CCCCC2)c2ccccc21. The predicted molar refractivity (Wildman–Crippen MR) is 141 cm³/mol. The molecule has 0 aliphatic heterocycles. The maximum Gasteiger partial charge on any atom is 0.00388 e. The van der Waals surface area contributed by atoms with E-state index in [9.17, 15) is 0 Å². The molecule has 0 heterocycles. The van der Waals surface area contributed by atoms with Crippen LogP contribution in [0.15, 0.2) is 60.7 Å². The van der Waals surface area contributed by atoms with Gasteiger partial charge < -0.3 is 0 Å². The first-order chi connectivity index (χ1) is 16.3. The summed E-state index contributed by atoms with van der Waals surface area (Å²) in [6.07, 6.45) is 23.6. The highest BCUT2D eigenvalue weighted by atomic mass is 14.4. The normalized spacial score (nSPS) is 25.5. The minimum absolute atomic E-state index is 0.572. The van der Waals surface area contributed by atoms with Gasteiger partial charge in [-0.1, -0.05) is 125 Å². The van der Waals surface area contributed by atoms with Crippen molar-refractivity contribution in [2.45, 2.75) is 95.3 Å². The zero-order chi connectivity index (χ0) is 22.0. The molecule has 0 bridgehead atoms. The molecule has 33 heavy (non-hydrogen) atoms. The van der Waals surface area contributed by atoms with E-state index in [1.54, 1.807) is 33.4 Å². The third kappa shape index (κ3) is 4.51. The second-order valence-corrected chi connectivity index (χ2v) is 11.4. The average molecular weight is 437 g/mol. The Morgan fingerprint density at radius 3 is 1.39 bits per heavy atom. The summed E-state index contributed by atoms with van der Waals surface area (Å²) in [5.41, 5.74) is 9.61. The Hall–Kier alpha value is -2.08. The van der Waals surface area contributed by atoms with Gasteiger partial charge in [-0.3, -0.25) is 0 Å². The second-order valence-electron chi connectivity index (χ2n) is 11.4. The van der Waals surface area contributed by atoms with E-state index in [-0.39, 0.29) is 0 Å². The first-order valence-electron chi connectivity index (χ1n) is 13.9. The van der Waals surface area contributed by atoms with Gasteiger partial charge in [0.25, 0.3) is 0 Å². The molecule has 2 saturated carbocycles. The van der Waals surface area contributed by atoms with E-state index in [4.69, 9.17) is 0 Å². The van der Waals surface area contributed by atoms with Gasteiger partial charge in [-0.25, -0.2) is 0 Å². The van der Waals surface area contributed by atoms with Crippen molar-refractivity contribution in [3.63, 3.8) is 0 Å². The molecule has 6 rings (SSSR count). The molecule has 2 atom stereocenters. The van der Waals surface area contributed by atoms with Crippen molar-refractivity contribution in [2.24, 2.45) is 11.8 Å². The van der Waals surface area contributed by atoms with E-state index >= 15 is 0 Å². The summed E-state index contributed by atoms with van der Waals surface area (Å²) >= 11 is 0. The Morgan fingerprint density at radius 2 is 0.939 bits per heavy atom. The van der Waals surface area contributed by atoms with Crippen LogP contribution in [0.3, 0.4) is 0 Å². The zero-order valence-electron chi connectivity index (χ0n) is 20.3. The van der Waals surface area contributed by atoms with Gasteiger partial charge in [0.15, 0.2) is 0 Å². The van der Waals surface area contributed by atoms with E-state index in [1.807, 2.05) is 0 Å². The fourth-order valence-corrected chi connectivity index (χ4v) is 7.49. The first kappa shape index (κ1) is 21.5. The molecule has 0 saturated heterocycles. The van der Waals surface area contributed by atoms with E-state index in [0.717, 1.165) is 11.8 Å². The van der Waals surface area contributed by atoms with Crippen molar-refractivity contribution in [1.82, 2.24) is 0 Å². The van der Waals surface area contributed by atoms with Crippen molar-refractivity contribution in [2.75, 3.05) is 0 Å². The van der Waals surface area contributed by atoms with Crippen LogP contribution < -0.4 is 0 Å². The maximum absolute atomic E-state index is 2.68. The Labute approximate surface area is 201 Å². The fourth-order valence-electron chi connectivity index (χ4n) is 7.49. The molecule has 0 spiro atoms. The molecule has 172 valence electrons. The number of hydrogen-bond donors (Lipinski definition) is 0. The minimum atomic E-state index is 0.572. The molecular weight excluding hydrogens is 396 g/mol. The third-order valence-electron chi connectivity index (χ3n) is 9.19. The molecule has 2 aromatic carbocycles. The predicted octanol–water partition coefficient (Wildman–Crippen LogP) is 9.68. The molecule has 0 nitrogen and oxygen atoms in total. The summed E-state index contributed by atoms with van der Waals surface area (Å²) in [7, 11) is 0. The Kier molecular flexibility index (Phi) is 6.27. The molecule has 0 amide bonds. The van der Waals surface area contributed by atoms with Crippen LogP contribution in [0.25, 0.3) is 11.1 Å². The summed E-state index contributed by atoms with van der Waals surface area (Å²) < 4.78 is 0. The molecule has 2 fully saturated rings. The molecule has 0 aromatic heterocycles. The second kappa shape index (κ2) is 9.65. The van der Waals surface area contributed by atoms with Crippen LogP contribution in [-0.2, 0) is 0 Å². The lowest BCUT2D eigenvalue weighted by molar-refractivity contribution is 0.365. The van der Waals surface area contributed by atoms with Crippen molar-refractivity contribution in [3.05, 3.63) is 82.9 Å². The molecule has 4 aliphatic rings. The molecular formula is C33H40. The molecule has 2 aromatic rings. The van der Waals surface area contributed by atoms with E-state index in [2.05, 4.69) is 60.7 Å². The van der Waals surface area contributed by atoms with Crippen LogP contribution >= 0.6 is 0 Å². The van der Waals surface area contributed by atoms with Gasteiger partial charge in [-0.2, -0.15) is 0 Å². The summed E-state index contributed by atoms with van der Waals surface area (Å²) in [6.45, 7) is 0. The number of fused-ring (bicyclic) bond motifs is 2. The fraction of sp³-hybridized carbons (Fsp3) is 0.515. The highest BCUT2D eigenvalue weighted by Gasteiger charge is 2.31. The lowest BCUT2D eigenvalue weighted by Gasteiger charge is -2.22. The molecule has 4 aliphatic carbocycles. The Bertz CT molecular complexity index is 942. The lowest BCUT2D eigenvalue weighted by Crippen LogP contribution is -2.06. The molecule has 0 heteroatoms. The maximum atomic E-state index is 2.68.